The molecule has 0 amide bonds. The Balaban J connectivity index is 1.65. The van der Waals surface area contributed by atoms with Crippen molar-refractivity contribution in [2.24, 2.45) is 5.16 Å². The molecule has 1 unspecified atom stereocenters. The molecule has 0 aliphatic rings. The maximum absolute atomic E-state index is 11.7. The summed E-state index contributed by atoms with van der Waals surface area (Å²) in [5.41, 5.74) is 5.57. The van der Waals surface area contributed by atoms with Crippen molar-refractivity contribution in [2.45, 2.75) is 17.2 Å². The zero-order valence-corrected chi connectivity index (χ0v) is 19.0. The largest absolute Gasteiger partial charge is 0.411 e. The standard InChI is InChI=1S/C27H24N2O3S/c1-33(31,32)25-13-11-21(12-14-25)20-7-9-23(10-8-20)26(22-5-3-2-4-6-22)19-27(29-30)24-15-17-28-18-16-24/h2-18,26,30H,19H2,1H3/b29-27-. The van der Waals surface area contributed by atoms with Gasteiger partial charge in [-0.1, -0.05) is 71.9 Å². The minimum absolute atomic E-state index is 0.00748. The van der Waals surface area contributed by atoms with Crippen molar-refractivity contribution < 1.29 is 13.6 Å². The van der Waals surface area contributed by atoms with Gasteiger partial charge in [-0.25, -0.2) is 8.42 Å². The second kappa shape index (κ2) is 9.79. The van der Waals surface area contributed by atoms with Crippen LogP contribution in [-0.2, 0) is 9.84 Å². The van der Waals surface area contributed by atoms with Gasteiger partial charge in [0.25, 0.3) is 0 Å². The summed E-state index contributed by atoms with van der Waals surface area (Å²) in [4.78, 5) is 4.35. The van der Waals surface area contributed by atoms with Gasteiger partial charge < -0.3 is 5.21 Å². The molecule has 0 saturated heterocycles. The van der Waals surface area contributed by atoms with Crippen molar-refractivity contribution in [3.8, 4) is 11.1 Å². The molecule has 0 radical (unpaired) electrons. The molecule has 1 aromatic heterocycles. The lowest BCUT2D eigenvalue weighted by molar-refractivity contribution is 0.317. The van der Waals surface area contributed by atoms with Crippen LogP contribution < -0.4 is 0 Å². The highest BCUT2D eigenvalue weighted by Gasteiger charge is 2.19. The summed E-state index contributed by atoms with van der Waals surface area (Å²) >= 11 is 0. The van der Waals surface area contributed by atoms with Crippen LogP contribution >= 0.6 is 0 Å². The Morgan fingerprint density at radius 1 is 0.818 bits per heavy atom. The summed E-state index contributed by atoms with van der Waals surface area (Å²) < 4.78 is 23.4. The average molecular weight is 457 g/mol. The normalized spacial score (nSPS) is 12.9. The summed E-state index contributed by atoms with van der Waals surface area (Å²) in [6, 6.07) is 28.9. The van der Waals surface area contributed by atoms with Gasteiger partial charge in [-0.05, 0) is 46.5 Å². The summed E-state index contributed by atoms with van der Waals surface area (Å²) in [5.74, 6) is -0.00748. The molecule has 1 N–H and O–H groups in total. The molecular formula is C27H24N2O3S. The molecule has 166 valence electrons. The van der Waals surface area contributed by atoms with E-state index >= 15 is 0 Å². The van der Waals surface area contributed by atoms with E-state index in [0.29, 0.717) is 17.0 Å². The Hall–Kier alpha value is -3.77. The van der Waals surface area contributed by atoms with Gasteiger partial charge in [-0.15, -0.1) is 0 Å². The smallest absolute Gasteiger partial charge is 0.175 e. The molecule has 0 saturated carbocycles. The number of oxime groups is 1. The van der Waals surface area contributed by atoms with Crippen LogP contribution in [0.1, 0.15) is 29.0 Å². The van der Waals surface area contributed by atoms with E-state index in [1.807, 2.05) is 54.6 Å². The van der Waals surface area contributed by atoms with Crippen LogP contribution in [0.2, 0.25) is 0 Å². The minimum Gasteiger partial charge on any atom is -0.411 e. The van der Waals surface area contributed by atoms with Crippen LogP contribution in [0.5, 0.6) is 0 Å². The van der Waals surface area contributed by atoms with Gasteiger partial charge in [0, 0.05) is 36.6 Å². The molecule has 4 aromatic rings. The second-order valence-corrected chi connectivity index (χ2v) is 9.88. The Kier molecular flexibility index (Phi) is 6.66. The van der Waals surface area contributed by atoms with Crippen LogP contribution in [0, 0.1) is 0 Å². The maximum atomic E-state index is 11.7. The lowest BCUT2D eigenvalue weighted by atomic mass is 9.85. The van der Waals surface area contributed by atoms with Gasteiger partial charge in [-0.3, -0.25) is 4.98 Å². The highest BCUT2D eigenvalue weighted by Crippen LogP contribution is 2.31. The fourth-order valence-electron chi connectivity index (χ4n) is 3.87. The van der Waals surface area contributed by atoms with Crippen molar-refractivity contribution >= 4 is 15.5 Å². The van der Waals surface area contributed by atoms with E-state index in [1.165, 1.54) is 6.26 Å². The summed E-state index contributed by atoms with van der Waals surface area (Å²) in [6.07, 6.45) is 5.09. The first kappa shape index (κ1) is 22.4. The van der Waals surface area contributed by atoms with Crippen molar-refractivity contribution in [2.75, 3.05) is 6.26 Å². The Bertz CT molecular complexity index is 1330. The molecule has 0 bridgehead atoms. The van der Waals surface area contributed by atoms with Crippen LogP contribution in [0.15, 0.2) is 113 Å². The van der Waals surface area contributed by atoms with Crippen LogP contribution in [0.4, 0.5) is 0 Å². The molecule has 1 heterocycles. The average Bonchev–Trinajstić information content (AvgIpc) is 2.86. The number of sulfone groups is 1. The third kappa shape index (κ3) is 5.35. The summed E-state index contributed by atoms with van der Waals surface area (Å²) in [5, 5.41) is 13.3. The van der Waals surface area contributed by atoms with Crippen LogP contribution in [-0.4, -0.2) is 30.6 Å². The lowest BCUT2D eigenvalue weighted by Crippen LogP contribution is -2.10. The van der Waals surface area contributed by atoms with Crippen molar-refractivity contribution in [3.05, 3.63) is 120 Å². The Morgan fingerprint density at radius 2 is 1.36 bits per heavy atom. The highest BCUT2D eigenvalue weighted by atomic mass is 32.2. The molecule has 5 nitrogen and oxygen atoms in total. The number of benzene rings is 3. The number of hydrogen-bond donors (Lipinski definition) is 1. The molecular weight excluding hydrogens is 432 g/mol. The Morgan fingerprint density at radius 3 is 1.91 bits per heavy atom. The fourth-order valence-corrected chi connectivity index (χ4v) is 4.50. The monoisotopic (exact) mass is 456 g/mol. The van der Waals surface area contributed by atoms with Gasteiger partial charge in [0.05, 0.1) is 10.6 Å². The molecule has 0 aliphatic carbocycles. The molecule has 3 aromatic carbocycles. The van der Waals surface area contributed by atoms with Crippen molar-refractivity contribution in [1.29, 1.82) is 0 Å². The van der Waals surface area contributed by atoms with E-state index in [1.54, 1.807) is 24.5 Å². The predicted octanol–water partition coefficient (Wildman–Crippen LogP) is 5.55. The molecule has 0 spiro atoms. The molecule has 0 aliphatic heterocycles. The van der Waals surface area contributed by atoms with Gasteiger partial charge in [0.1, 0.15) is 0 Å². The number of aromatic nitrogens is 1. The molecule has 33 heavy (non-hydrogen) atoms. The molecule has 6 heteroatoms. The first-order valence-electron chi connectivity index (χ1n) is 10.5. The van der Waals surface area contributed by atoms with Gasteiger partial charge in [0.2, 0.25) is 0 Å². The lowest BCUT2D eigenvalue weighted by Gasteiger charge is -2.19. The molecule has 4 rings (SSSR count). The SMILES string of the molecule is CS(=O)(=O)c1ccc(-c2ccc(C(C/C(=N/O)c3ccncc3)c3ccccc3)cc2)cc1. The minimum atomic E-state index is -3.22. The van der Waals surface area contributed by atoms with Crippen LogP contribution in [0.3, 0.4) is 0 Å². The number of pyridine rings is 1. The van der Waals surface area contributed by atoms with Crippen molar-refractivity contribution in [3.63, 3.8) is 0 Å². The molecule has 1 atom stereocenters. The number of rotatable bonds is 7. The maximum Gasteiger partial charge on any atom is 0.175 e. The van der Waals surface area contributed by atoms with E-state index in [0.717, 1.165) is 27.8 Å². The second-order valence-electron chi connectivity index (χ2n) is 7.87. The highest BCUT2D eigenvalue weighted by molar-refractivity contribution is 7.90. The zero-order chi connectivity index (χ0) is 23.3. The van der Waals surface area contributed by atoms with E-state index in [2.05, 4.69) is 34.4 Å². The summed E-state index contributed by atoms with van der Waals surface area (Å²) in [6.45, 7) is 0. The quantitative estimate of drug-likeness (QED) is 0.225. The topological polar surface area (TPSA) is 79.6 Å². The van der Waals surface area contributed by atoms with E-state index in [-0.39, 0.29) is 5.92 Å². The summed E-state index contributed by atoms with van der Waals surface area (Å²) in [7, 11) is -3.22. The first-order chi connectivity index (χ1) is 16.0. The first-order valence-corrected chi connectivity index (χ1v) is 12.4. The van der Waals surface area contributed by atoms with Gasteiger partial charge in [-0.2, -0.15) is 0 Å². The Labute approximate surface area is 194 Å². The van der Waals surface area contributed by atoms with E-state index in [9.17, 15) is 13.6 Å². The number of hydrogen-bond acceptors (Lipinski definition) is 5. The number of nitrogens with zero attached hydrogens (tertiary/aromatic N) is 2. The van der Waals surface area contributed by atoms with Crippen molar-refractivity contribution in [1.82, 2.24) is 4.98 Å². The predicted molar refractivity (Wildman–Crippen MR) is 130 cm³/mol. The van der Waals surface area contributed by atoms with Gasteiger partial charge >= 0.3 is 0 Å². The molecule has 0 fully saturated rings. The fraction of sp³-hybridized carbons (Fsp3) is 0.111. The van der Waals surface area contributed by atoms with Gasteiger partial charge in [0.15, 0.2) is 9.84 Å². The third-order valence-corrected chi connectivity index (χ3v) is 6.79. The van der Waals surface area contributed by atoms with E-state index in [4.69, 9.17) is 0 Å². The third-order valence-electron chi connectivity index (χ3n) is 5.66. The zero-order valence-electron chi connectivity index (χ0n) is 18.2. The van der Waals surface area contributed by atoms with E-state index < -0.39 is 9.84 Å². The van der Waals surface area contributed by atoms with Crippen LogP contribution in [0.25, 0.3) is 11.1 Å².